The van der Waals surface area contributed by atoms with Gasteiger partial charge in [-0.2, -0.15) is 4.31 Å². The molecule has 1 fully saturated rings. The Kier molecular flexibility index (Phi) is 3.99. The zero-order valence-electron chi connectivity index (χ0n) is 10.4. The van der Waals surface area contributed by atoms with Crippen molar-refractivity contribution in [3.63, 3.8) is 0 Å². The zero-order valence-corrected chi connectivity index (χ0v) is 11.2. The number of likely N-dealkylation sites (N-methyl/N-ethyl adjacent to an activating group) is 1. The van der Waals surface area contributed by atoms with Gasteiger partial charge in [-0.3, -0.25) is 0 Å². The molecule has 1 heterocycles. The average molecular weight is 250 g/mol. The fraction of sp³-hybridized carbons (Fsp3) is 1.00. The van der Waals surface area contributed by atoms with Crippen LogP contribution in [0.25, 0.3) is 0 Å². The number of β-amino-alcohol motifs (C(OH)–C–C–N with tert-alkyl or cyclic N) is 1. The van der Waals surface area contributed by atoms with Crippen molar-refractivity contribution in [1.82, 2.24) is 9.62 Å². The monoisotopic (exact) mass is 250 g/mol. The van der Waals surface area contributed by atoms with Crippen LogP contribution in [0.2, 0.25) is 0 Å². The van der Waals surface area contributed by atoms with Gasteiger partial charge in [-0.05, 0) is 5.41 Å². The van der Waals surface area contributed by atoms with E-state index < -0.39 is 16.1 Å². The van der Waals surface area contributed by atoms with E-state index in [1.54, 1.807) is 7.05 Å². The number of sulfonamides is 1. The van der Waals surface area contributed by atoms with E-state index in [9.17, 15) is 13.5 Å². The minimum Gasteiger partial charge on any atom is -0.390 e. The molecule has 0 radical (unpaired) electrons. The van der Waals surface area contributed by atoms with Gasteiger partial charge in [-0.25, -0.2) is 8.42 Å². The predicted octanol–water partition coefficient (Wildman–Crippen LogP) is -0.373. The van der Waals surface area contributed by atoms with Crippen molar-refractivity contribution in [2.75, 3.05) is 25.9 Å². The van der Waals surface area contributed by atoms with Gasteiger partial charge < -0.3 is 10.4 Å². The molecule has 96 valence electrons. The van der Waals surface area contributed by atoms with Crippen LogP contribution >= 0.6 is 0 Å². The first-order valence-electron chi connectivity index (χ1n) is 5.48. The predicted molar refractivity (Wildman–Crippen MR) is 63.7 cm³/mol. The minimum atomic E-state index is -3.30. The molecule has 2 N–H and O–H groups in total. The Bertz CT molecular complexity index is 334. The Morgan fingerprint density at radius 3 is 2.31 bits per heavy atom. The molecule has 0 aromatic heterocycles. The molecule has 0 amide bonds. The lowest BCUT2D eigenvalue weighted by atomic mass is 10.0. The molecule has 0 aliphatic carbocycles. The van der Waals surface area contributed by atoms with Crippen LogP contribution in [0, 0.1) is 5.41 Å². The van der Waals surface area contributed by atoms with Crippen molar-refractivity contribution in [1.29, 1.82) is 0 Å². The van der Waals surface area contributed by atoms with Gasteiger partial charge in [-0.15, -0.1) is 0 Å². The number of hydrogen-bond donors (Lipinski definition) is 2. The summed E-state index contributed by atoms with van der Waals surface area (Å²) in [4.78, 5) is 0. The summed E-state index contributed by atoms with van der Waals surface area (Å²) in [6, 6.07) is -0.340. The molecular weight excluding hydrogens is 228 g/mol. The third kappa shape index (κ3) is 3.41. The van der Waals surface area contributed by atoms with Crippen molar-refractivity contribution >= 4 is 10.0 Å². The molecule has 1 aliphatic rings. The number of nitrogens with one attached hydrogen (secondary N) is 1. The van der Waals surface area contributed by atoms with Crippen LogP contribution in [-0.4, -0.2) is 55.9 Å². The molecule has 6 heteroatoms. The Morgan fingerprint density at radius 2 is 1.94 bits per heavy atom. The van der Waals surface area contributed by atoms with Crippen LogP contribution in [0.15, 0.2) is 0 Å². The first-order valence-corrected chi connectivity index (χ1v) is 7.09. The van der Waals surface area contributed by atoms with Gasteiger partial charge in [0.15, 0.2) is 0 Å². The van der Waals surface area contributed by atoms with Gasteiger partial charge >= 0.3 is 0 Å². The lowest BCUT2D eigenvalue weighted by Gasteiger charge is -2.29. The SMILES string of the molecule is CN([C@@H]1CNC[C@H]1O)S(=O)(=O)CC(C)(C)C. The second-order valence-corrected chi connectivity index (χ2v) is 7.65. The van der Waals surface area contributed by atoms with E-state index in [4.69, 9.17) is 0 Å². The maximum atomic E-state index is 12.1. The smallest absolute Gasteiger partial charge is 0.214 e. The summed E-state index contributed by atoms with van der Waals surface area (Å²) in [6.45, 7) is 6.65. The van der Waals surface area contributed by atoms with Gasteiger partial charge in [0.2, 0.25) is 10.0 Å². The third-order valence-corrected chi connectivity index (χ3v) is 5.05. The highest BCUT2D eigenvalue weighted by molar-refractivity contribution is 7.89. The molecule has 0 saturated carbocycles. The topological polar surface area (TPSA) is 69.6 Å². The molecule has 0 bridgehead atoms. The van der Waals surface area contributed by atoms with E-state index in [-0.39, 0.29) is 17.2 Å². The lowest BCUT2D eigenvalue weighted by Crippen LogP contribution is -2.46. The van der Waals surface area contributed by atoms with Gasteiger partial charge in [0.05, 0.1) is 17.9 Å². The van der Waals surface area contributed by atoms with Crippen molar-refractivity contribution in [2.24, 2.45) is 5.41 Å². The maximum absolute atomic E-state index is 12.1. The van der Waals surface area contributed by atoms with Crippen molar-refractivity contribution in [2.45, 2.75) is 32.9 Å². The van der Waals surface area contributed by atoms with Crippen LogP contribution in [0.1, 0.15) is 20.8 Å². The second-order valence-electron chi connectivity index (χ2n) is 5.63. The number of rotatable bonds is 3. The van der Waals surface area contributed by atoms with Crippen molar-refractivity contribution < 1.29 is 13.5 Å². The second kappa shape index (κ2) is 4.60. The van der Waals surface area contributed by atoms with Crippen LogP contribution in [0.4, 0.5) is 0 Å². The van der Waals surface area contributed by atoms with E-state index in [2.05, 4.69) is 5.32 Å². The Hall–Kier alpha value is -0.170. The summed E-state index contributed by atoms with van der Waals surface area (Å²) in [5, 5.41) is 12.6. The van der Waals surface area contributed by atoms with Crippen LogP contribution < -0.4 is 5.32 Å². The van der Waals surface area contributed by atoms with E-state index in [1.165, 1.54) is 4.31 Å². The Labute approximate surface area is 97.9 Å². The molecule has 16 heavy (non-hydrogen) atoms. The summed E-state index contributed by atoms with van der Waals surface area (Å²) in [5.41, 5.74) is -0.274. The van der Waals surface area contributed by atoms with Crippen molar-refractivity contribution in [3.8, 4) is 0 Å². The highest BCUT2D eigenvalue weighted by atomic mass is 32.2. The number of hydrogen-bond acceptors (Lipinski definition) is 4. The fourth-order valence-corrected chi connectivity index (χ4v) is 3.80. The standard InChI is InChI=1S/C10H22N2O3S/c1-10(2,3)7-16(14,15)12(4)8-5-11-6-9(8)13/h8-9,11,13H,5-7H2,1-4H3/t8-,9-/m1/s1. The molecule has 0 unspecified atom stereocenters. The first-order chi connectivity index (χ1) is 7.13. The molecule has 1 rings (SSSR count). The quantitative estimate of drug-likeness (QED) is 0.717. The molecule has 0 aromatic rings. The van der Waals surface area contributed by atoms with Gasteiger partial charge in [-0.1, -0.05) is 20.8 Å². The van der Waals surface area contributed by atoms with E-state index in [0.29, 0.717) is 13.1 Å². The highest BCUT2D eigenvalue weighted by Gasteiger charge is 2.36. The van der Waals surface area contributed by atoms with Gasteiger partial charge in [0.1, 0.15) is 0 Å². The Morgan fingerprint density at radius 1 is 1.38 bits per heavy atom. The van der Waals surface area contributed by atoms with Crippen LogP contribution in [-0.2, 0) is 10.0 Å². The zero-order chi connectivity index (χ0) is 12.6. The van der Waals surface area contributed by atoms with E-state index in [1.807, 2.05) is 20.8 Å². The number of aliphatic hydroxyl groups is 1. The molecule has 0 aromatic carbocycles. The van der Waals surface area contributed by atoms with Crippen LogP contribution in [0.3, 0.4) is 0 Å². The summed E-state index contributed by atoms with van der Waals surface area (Å²) >= 11 is 0. The summed E-state index contributed by atoms with van der Waals surface area (Å²) in [5.74, 6) is 0.0969. The fourth-order valence-electron chi connectivity index (χ4n) is 1.88. The van der Waals surface area contributed by atoms with E-state index >= 15 is 0 Å². The molecular formula is C10H22N2O3S. The Balaban J connectivity index is 2.76. The van der Waals surface area contributed by atoms with Gasteiger partial charge in [0, 0.05) is 20.1 Å². The van der Waals surface area contributed by atoms with Crippen molar-refractivity contribution in [3.05, 3.63) is 0 Å². The number of aliphatic hydroxyl groups excluding tert-OH is 1. The number of nitrogens with zero attached hydrogens (tertiary/aromatic N) is 1. The largest absolute Gasteiger partial charge is 0.390 e. The normalized spacial score (nSPS) is 27.6. The van der Waals surface area contributed by atoms with E-state index in [0.717, 1.165) is 0 Å². The third-order valence-electron chi connectivity index (χ3n) is 2.67. The average Bonchev–Trinajstić information content (AvgIpc) is 2.45. The molecule has 0 spiro atoms. The maximum Gasteiger partial charge on any atom is 0.214 e. The van der Waals surface area contributed by atoms with Gasteiger partial charge in [0.25, 0.3) is 0 Å². The summed E-state index contributed by atoms with van der Waals surface area (Å²) < 4.78 is 25.4. The van der Waals surface area contributed by atoms with Crippen LogP contribution in [0.5, 0.6) is 0 Å². The molecule has 1 aliphatic heterocycles. The summed E-state index contributed by atoms with van der Waals surface area (Å²) in [7, 11) is -1.76. The molecule has 1 saturated heterocycles. The minimum absolute atomic E-state index is 0.0969. The first kappa shape index (κ1) is 13.9. The molecule has 2 atom stereocenters. The molecule has 5 nitrogen and oxygen atoms in total. The highest BCUT2D eigenvalue weighted by Crippen LogP contribution is 2.20. The lowest BCUT2D eigenvalue weighted by molar-refractivity contribution is 0.136. The summed E-state index contributed by atoms with van der Waals surface area (Å²) in [6.07, 6.45) is -0.611.